The van der Waals surface area contributed by atoms with Gasteiger partial charge in [0.25, 0.3) is 0 Å². The predicted molar refractivity (Wildman–Crippen MR) is 74.7 cm³/mol. The van der Waals surface area contributed by atoms with E-state index >= 15 is 0 Å². The van der Waals surface area contributed by atoms with Crippen molar-refractivity contribution in [3.8, 4) is 11.4 Å². The third kappa shape index (κ3) is 2.01. The maximum absolute atomic E-state index is 5.48. The van der Waals surface area contributed by atoms with Crippen LogP contribution in [0, 0.1) is 0 Å². The van der Waals surface area contributed by atoms with E-state index in [2.05, 4.69) is 31.4 Å². The van der Waals surface area contributed by atoms with Crippen molar-refractivity contribution >= 4 is 15.9 Å². The summed E-state index contributed by atoms with van der Waals surface area (Å²) >= 11 is 3.46. The molecule has 2 saturated heterocycles. The number of aromatic nitrogens is 2. The standard InChI is InChI=1S/C14H14BrN3O/c15-9-3-1-2-8(6-9)13-17-14(19-18-13)11-7-10-4-5-12(11)16-10/h1-3,6,10-12,16H,4-5,7H2. The second-order valence-corrected chi connectivity index (χ2v) is 6.27. The van der Waals surface area contributed by atoms with Gasteiger partial charge in [0.2, 0.25) is 11.7 Å². The van der Waals surface area contributed by atoms with E-state index in [1.54, 1.807) is 0 Å². The average molecular weight is 320 g/mol. The molecule has 0 saturated carbocycles. The summed E-state index contributed by atoms with van der Waals surface area (Å²) in [6.45, 7) is 0. The molecule has 3 unspecified atom stereocenters. The third-order valence-electron chi connectivity index (χ3n) is 4.14. The molecule has 2 aliphatic rings. The highest BCUT2D eigenvalue weighted by Gasteiger charge is 2.42. The van der Waals surface area contributed by atoms with Crippen LogP contribution in [0.5, 0.6) is 0 Å². The number of halogens is 1. The molecule has 4 rings (SSSR count). The molecular formula is C14H14BrN3O. The summed E-state index contributed by atoms with van der Waals surface area (Å²) in [7, 11) is 0. The summed E-state index contributed by atoms with van der Waals surface area (Å²) in [6.07, 6.45) is 3.64. The predicted octanol–water partition coefficient (Wildman–Crippen LogP) is 3.11. The number of hydrogen-bond donors (Lipinski definition) is 1. The Morgan fingerprint density at radius 1 is 1.32 bits per heavy atom. The second kappa shape index (κ2) is 4.42. The number of benzene rings is 1. The van der Waals surface area contributed by atoms with Crippen LogP contribution in [0.1, 0.15) is 31.1 Å². The lowest BCUT2D eigenvalue weighted by Gasteiger charge is -2.15. The largest absolute Gasteiger partial charge is 0.339 e. The number of hydrogen-bond acceptors (Lipinski definition) is 4. The molecule has 4 nitrogen and oxygen atoms in total. The van der Waals surface area contributed by atoms with Crippen LogP contribution in [-0.2, 0) is 0 Å². The van der Waals surface area contributed by atoms with Crippen LogP contribution in [0.2, 0.25) is 0 Å². The third-order valence-corrected chi connectivity index (χ3v) is 4.64. The zero-order valence-electron chi connectivity index (χ0n) is 10.3. The molecule has 2 aromatic rings. The molecule has 1 N–H and O–H groups in total. The maximum Gasteiger partial charge on any atom is 0.231 e. The second-order valence-electron chi connectivity index (χ2n) is 5.36. The minimum Gasteiger partial charge on any atom is -0.339 e. The van der Waals surface area contributed by atoms with E-state index in [1.165, 1.54) is 12.8 Å². The van der Waals surface area contributed by atoms with Crippen molar-refractivity contribution in [1.82, 2.24) is 15.5 Å². The summed E-state index contributed by atoms with van der Waals surface area (Å²) in [5, 5.41) is 7.72. The fourth-order valence-electron chi connectivity index (χ4n) is 3.23. The van der Waals surface area contributed by atoms with Crippen molar-refractivity contribution in [2.24, 2.45) is 0 Å². The average Bonchev–Trinajstić information content (AvgIpc) is 3.14. The minimum atomic E-state index is 0.396. The first kappa shape index (κ1) is 11.6. The highest BCUT2D eigenvalue weighted by Crippen LogP contribution is 2.39. The molecule has 98 valence electrons. The number of nitrogens with one attached hydrogen (secondary N) is 1. The Morgan fingerprint density at radius 2 is 2.26 bits per heavy atom. The molecule has 19 heavy (non-hydrogen) atoms. The molecule has 0 aliphatic carbocycles. The van der Waals surface area contributed by atoms with E-state index in [-0.39, 0.29) is 0 Å². The van der Waals surface area contributed by atoms with Gasteiger partial charge in [0, 0.05) is 22.1 Å². The Kier molecular flexibility index (Phi) is 2.70. The fourth-order valence-corrected chi connectivity index (χ4v) is 3.63. The molecule has 1 aromatic heterocycles. The number of rotatable bonds is 2. The van der Waals surface area contributed by atoms with Crippen LogP contribution < -0.4 is 5.32 Å². The van der Waals surface area contributed by atoms with Gasteiger partial charge in [-0.15, -0.1) is 0 Å². The van der Waals surface area contributed by atoms with Gasteiger partial charge in [-0.25, -0.2) is 0 Å². The quantitative estimate of drug-likeness (QED) is 0.924. The van der Waals surface area contributed by atoms with Gasteiger partial charge in [-0.2, -0.15) is 4.98 Å². The number of nitrogens with zero attached hydrogens (tertiary/aromatic N) is 2. The lowest BCUT2D eigenvalue weighted by molar-refractivity contribution is 0.329. The van der Waals surface area contributed by atoms with Gasteiger partial charge >= 0.3 is 0 Å². The van der Waals surface area contributed by atoms with Gasteiger partial charge in [0.15, 0.2) is 0 Å². The maximum atomic E-state index is 5.48. The molecular weight excluding hydrogens is 306 g/mol. The van der Waals surface area contributed by atoms with E-state index < -0.39 is 0 Å². The van der Waals surface area contributed by atoms with Crippen molar-refractivity contribution in [3.63, 3.8) is 0 Å². The Morgan fingerprint density at radius 3 is 3.00 bits per heavy atom. The van der Waals surface area contributed by atoms with Crippen molar-refractivity contribution in [1.29, 1.82) is 0 Å². The smallest absolute Gasteiger partial charge is 0.231 e. The van der Waals surface area contributed by atoms with Crippen LogP contribution in [0.25, 0.3) is 11.4 Å². The van der Waals surface area contributed by atoms with E-state index in [4.69, 9.17) is 4.52 Å². The molecule has 2 fully saturated rings. The van der Waals surface area contributed by atoms with E-state index in [0.717, 1.165) is 22.3 Å². The molecule has 5 heteroatoms. The lowest BCUT2D eigenvalue weighted by Crippen LogP contribution is -2.21. The van der Waals surface area contributed by atoms with Gasteiger partial charge in [-0.1, -0.05) is 33.2 Å². The molecule has 2 aliphatic heterocycles. The number of fused-ring (bicyclic) bond motifs is 2. The minimum absolute atomic E-state index is 0.396. The van der Waals surface area contributed by atoms with E-state index in [0.29, 0.717) is 23.8 Å². The topological polar surface area (TPSA) is 51.0 Å². The molecule has 0 radical (unpaired) electrons. The van der Waals surface area contributed by atoms with Crippen molar-refractivity contribution in [2.45, 2.75) is 37.3 Å². The SMILES string of the molecule is Brc1cccc(-c2noc(C3CC4CCC3N4)n2)c1. The van der Waals surface area contributed by atoms with Crippen molar-refractivity contribution in [2.75, 3.05) is 0 Å². The van der Waals surface area contributed by atoms with Gasteiger partial charge in [0.05, 0.1) is 5.92 Å². The van der Waals surface area contributed by atoms with E-state index in [9.17, 15) is 0 Å². The molecule has 0 spiro atoms. The highest BCUT2D eigenvalue weighted by atomic mass is 79.9. The highest BCUT2D eigenvalue weighted by molar-refractivity contribution is 9.10. The monoisotopic (exact) mass is 319 g/mol. The molecule has 2 bridgehead atoms. The Hall–Kier alpha value is -1.20. The zero-order valence-corrected chi connectivity index (χ0v) is 11.9. The summed E-state index contributed by atoms with van der Waals surface area (Å²) in [6, 6.07) is 9.15. The Labute approximate surface area is 119 Å². The Bertz CT molecular complexity index is 612. The van der Waals surface area contributed by atoms with Gasteiger partial charge in [-0.3, -0.25) is 0 Å². The summed E-state index contributed by atoms with van der Waals surface area (Å²) in [4.78, 5) is 4.58. The molecule has 3 atom stereocenters. The van der Waals surface area contributed by atoms with Crippen LogP contribution >= 0.6 is 15.9 Å². The first-order valence-electron chi connectivity index (χ1n) is 6.65. The Balaban J connectivity index is 1.63. The summed E-state index contributed by atoms with van der Waals surface area (Å²) < 4.78 is 6.50. The zero-order chi connectivity index (χ0) is 12.8. The molecule has 1 aromatic carbocycles. The lowest BCUT2D eigenvalue weighted by atomic mass is 9.89. The van der Waals surface area contributed by atoms with Crippen LogP contribution in [-0.4, -0.2) is 22.2 Å². The van der Waals surface area contributed by atoms with E-state index in [1.807, 2.05) is 24.3 Å². The summed E-state index contributed by atoms with van der Waals surface area (Å²) in [5.74, 6) is 1.86. The molecule has 0 amide bonds. The first-order chi connectivity index (χ1) is 9.29. The normalized spacial score (nSPS) is 29.0. The van der Waals surface area contributed by atoms with Gasteiger partial charge < -0.3 is 9.84 Å². The molecule has 3 heterocycles. The van der Waals surface area contributed by atoms with Crippen molar-refractivity contribution < 1.29 is 4.52 Å². The van der Waals surface area contributed by atoms with Crippen LogP contribution in [0.3, 0.4) is 0 Å². The fraction of sp³-hybridized carbons (Fsp3) is 0.429. The van der Waals surface area contributed by atoms with Crippen molar-refractivity contribution in [3.05, 3.63) is 34.6 Å². The van der Waals surface area contributed by atoms with Crippen LogP contribution in [0.4, 0.5) is 0 Å². The van der Waals surface area contributed by atoms with Gasteiger partial charge in [0.1, 0.15) is 0 Å². The first-order valence-corrected chi connectivity index (χ1v) is 7.44. The summed E-state index contributed by atoms with van der Waals surface area (Å²) in [5.41, 5.74) is 0.987. The van der Waals surface area contributed by atoms with Crippen LogP contribution in [0.15, 0.2) is 33.3 Å². The van der Waals surface area contributed by atoms with Gasteiger partial charge in [-0.05, 0) is 31.4 Å².